The van der Waals surface area contributed by atoms with E-state index in [0.29, 0.717) is 12.1 Å². The van der Waals surface area contributed by atoms with Gasteiger partial charge in [0.15, 0.2) is 0 Å². The number of carboxylic acid groups (broad SMARTS) is 1. The standard InChI is InChI=1S/C18H21F3N2O2/c1-10(2)9-13-15(17(24)25)16(11(3)4)23(22-13)14-8-6-5-7-12(14)18(19,20)21/h5-8,10-11H,9H2,1-4H3,(H,24,25). The van der Waals surface area contributed by atoms with Crippen molar-refractivity contribution in [3.05, 3.63) is 46.8 Å². The van der Waals surface area contributed by atoms with Gasteiger partial charge in [-0.1, -0.05) is 39.8 Å². The van der Waals surface area contributed by atoms with Gasteiger partial charge < -0.3 is 5.11 Å². The summed E-state index contributed by atoms with van der Waals surface area (Å²) in [6.07, 6.45) is -4.18. The molecular weight excluding hydrogens is 333 g/mol. The minimum atomic E-state index is -4.56. The number of rotatable bonds is 5. The Morgan fingerprint density at radius 2 is 1.80 bits per heavy atom. The molecule has 0 atom stereocenters. The lowest BCUT2D eigenvalue weighted by Crippen LogP contribution is -2.14. The first-order valence-corrected chi connectivity index (χ1v) is 8.05. The molecule has 136 valence electrons. The van der Waals surface area contributed by atoms with E-state index >= 15 is 0 Å². The Labute approximate surface area is 144 Å². The number of halogens is 3. The molecule has 2 rings (SSSR count). The van der Waals surface area contributed by atoms with E-state index in [4.69, 9.17) is 0 Å². The molecule has 0 radical (unpaired) electrons. The Hall–Kier alpha value is -2.31. The van der Waals surface area contributed by atoms with E-state index in [1.165, 1.54) is 18.2 Å². The second-order valence-corrected chi connectivity index (χ2v) is 6.69. The number of aromatic carboxylic acids is 1. The molecule has 0 saturated carbocycles. The molecule has 2 aromatic rings. The first-order valence-electron chi connectivity index (χ1n) is 8.05. The van der Waals surface area contributed by atoms with Crippen LogP contribution in [0, 0.1) is 5.92 Å². The fourth-order valence-corrected chi connectivity index (χ4v) is 2.86. The zero-order chi connectivity index (χ0) is 18.9. The normalized spacial score (nSPS) is 12.2. The molecule has 0 saturated heterocycles. The zero-order valence-electron chi connectivity index (χ0n) is 14.6. The minimum absolute atomic E-state index is 0.000627. The smallest absolute Gasteiger partial charge is 0.418 e. The molecule has 1 aromatic carbocycles. The van der Waals surface area contributed by atoms with Crippen molar-refractivity contribution in [3.63, 3.8) is 0 Å². The molecule has 0 amide bonds. The topological polar surface area (TPSA) is 55.1 Å². The Kier molecular flexibility index (Phi) is 5.25. The molecule has 4 nitrogen and oxygen atoms in total. The summed E-state index contributed by atoms with van der Waals surface area (Å²) in [7, 11) is 0. The lowest BCUT2D eigenvalue weighted by molar-refractivity contribution is -0.137. The lowest BCUT2D eigenvalue weighted by atomic mass is 9.99. The zero-order valence-corrected chi connectivity index (χ0v) is 14.6. The third-order valence-electron chi connectivity index (χ3n) is 3.79. The number of carbonyl (C=O) groups is 1. The minimum Gasteiger partial charge on any atom is -0.478 e. The highest BCUT2D eigenvalue weighted by molar-refractivity contribution is 5.90. The monoisotopic (exact) mass is 354 g/mol. The van der Waals surface area contributed by atoms with E-state index in [9.17, 15) is 23.1 Å². The summed E-state index contributed by atoms with van der Waals surface area (Å²) in [6.45, 7) is 7.30. The molecular formula is C18H21F3N2O2. The SMILES string of the molecule is CC(C)Cc1nn(-c2ccccc2C(F)(F)F)c(C(C)C)c1C(=O)O. The number of benzene rings is 1. The molecule has 1 N–H and O–H groups in total. The molecule has 0 fully saturated rings. The maximum atomic E-state index is 13.4. The van der Waals surface area contributed by atoms with E-state index < -0.39 is 17.7 Å². The van der Waals surface area contributed by atoms with Crippen molar-refractivity contribution in [1.29, 1.82) is 0 Å². The Bertz CT molecular complexity index is 777. The summed E-state index contributed by atoms with van der Waals surface area (Å²) in [5.41, 5.74) is -0.410. The molecule has 1 aromatic heterocycles. The van der Waals surface area contributed by atoms with Gasteiger partial charge in [0.2, 0.25) is 0 Å². The third-order valence-corrected chi connectivity index (χ3v) is 3.79. The van der Waals surface area contributed by atoms with Crippen molar-refractivity contribution in [1.82, 2.24) is 9.78 Å². The molecule has 0 aliphatic carbocycles. The summed E-state index contributed by atoms with van der Waals surface area (Å²) in [5, 5.41) is 13.9. The molecule has 25 heavy (non-hydrogen) atoms. The van der Waals surface area contributed by atoms with Crippen LogP contribution in [0.3, 0.4) is 0 Å². The average molecular weight is 354 g/mol. The molecule has 0 aliphatic heterocycles. The highest BCUT2D eigenvalue weighted by Crippen LogP contribution is 2.36. The van der Waals surface area contributed by atoms with Gasteiger partial charge in [0.25, 0.3) is 0 Å². The van der Waals surface area contributed by atoms with Crippen molar-refractivity contribution < 1.29 is 23.1 Å². The van der Waals surface area contributed by atoms with E-state index in [1.54, 1.807) is 13.8 Å². The Morgan fingerprint density at radius 3 is 2.28 bits per heavy atom. The summed E-state index contributed by atoms with van der Waals surface area (Å²) >= 11 is 0. The molecule has 1 heterocycles. The van der Waals surface area contributed by atoms with Crippen molar-refractivity contribution in [2.75, 3.05) is 0 Å². The van der Waals surface area contributed by atoms with Crippen molar-refractivity contribution >= 4 is 5.97 Å². The molecule has 0 aliphatic rings. The number of alkyl halides is 3. The van der Waals surface area contributed by atoms with Gasteiger partial charge in [0.1, 0.15) is 5.56 Å². The molecule has 7 heteroatoms. The van der Waals surface area contributed by atoms with Gasteiger partial charge in [0.05, 0.1) is 22.6 Å². The van der Waals surface area contributed by atoms with Crippen LogP contribution in [0.1, 0.15) is 60.9 Å². The number of aromatic nitrogens is 2. The van der Waals surface area contributed by atoms with Crippen LogP contribution in [-0.2, 0) is 12.6 Å². The van der Waals surface area contributed by atoms with E-state index in [2.05, 4.69) is 5.10 Å². The van der Waals surface area contributed by atoms with Gasteiger partial charge in [-0.05, 0) is 30.4 Å². The van der Waals surface area contributed by atoms with Crippen LogP contribution < -0.4 is 0 Å². The van der Waals surface area contributed by atoms with E-state index in [0.717, 1.165) is 10.7 Å². The number of hydrogen-bond donors (Lipinski definition) is 1. The van der Waals surface area contributed by atoms with Crippen LogP contribution in [0.25, 0.3) is 5.69 Å². The highest BCUT2D eigenvalue weighted by atomic mass is 19.4. The van der Waals surface area contributed by atoms with Crippen LogP contribution in [0.2, 0.25) is 0 Å². The van der Waals surface area contributed by atoms with Crippen LogP contribution >= 0.6 is 0 Å². The first-order chi connectivity index (χ1) is 11.5. The van der Waals surface area contributed by atoms with Gasteiger partial charge >= 0.3 is 12.1 Å². The fourth-order valence-electron chi connectivity index (χ4n) is 2.86. The number of hydrogen-bond acceptors (Lipinski definition) is 2. The lowest BCUT2D eigenvalue weighted by Gasteiger charge is -2.16. The summed E-state index contributed by atoms with van der Waals surface area (Å²) in [5.74, 6) is -1.35. The number of carboxylic acids is 1. The summed E-state index contributed by atoms with van der Waals surface area (Å²) < 4.78 is 41.3. The molecule has 0 spiro atoms. The third kappa shape index (κ3) is 3.86. The number of nitrogens with zero attached hydrogens (tertiary/aromatic N) is 2. The van der Waals surface area contributed by atoms with Crippen LogP contribution in [0.5, 0.6) is 0 Å². The Balaban J connectivity index is 2.81. The van der Waals surface area contributed by atoms with Crippen LogP contribution in [-0.4, -0.2) is 20.9 Å². The van der Waals surface area contributed by atoms with Gasteiger partial charge in [-0.2, -0.15) is 18.3 Å². The van der Waals surface area contributed by atoms with Gasteiger partial charge in [-0.3, -0.25) is 0 Å². The quantitative estimate of drug-likeness (QED) is 0.830. The van der Waals surface area contributed by atoms with Gasteiger partial charge in [-0.15, -0.1) is 0 Å². The van der Waals surface area contributed by atoms with E-state index in [1.807, 2.05) is 13.8 Å². The van der Waals surface area contributed by atoms with E-state index in [-0.39, 0.29) is 28.8 Å². The van der Waals surface area contributed by atoms with Crippen molar-refractivity contribution in [3.8, 4) is 5.69 Å². The van der Waals surface area contributed by atoms with Gasteiger partial charge in [-0.25, -0.2) is 9.48 Å². The largest absolute Gasteiger partial charge is 0.478 e. The molecule has 0 unspecified atom stereocenters. The predicted molar refractivity (Wildman–Crippen MR) is 88.2 cm³/mol. The first kappa shape index (κ1) is 19.0. The van der Waals surface area contributed by atoms with Crippen molar-refractivity contribution in [2.45, 2.75) is 46.2 Å². The van der Waals surface area contributed by atoms with Gasteiger partial charge in [0, 0.05) is 0 Å². The maximum Gasteiger partial charge on any atom is 0.418 e. The Morgan fingerprint density at radius 1 is 1.20 bits per heavy atom. The summed E-state index contributed by atoms with van der Waals surface area (Å²) in [6, 6.07) is 5.08. The average Bonchev–Trinajstić information content (AvgIpc) is 2.85. The summed E-state index contributed by atoms with van der Waals surface area (Å²) in [4.78, 5) is 11.8. The highest BCUT2D eigenvalue weighted by Gasteiger charge is 2.36. The second-order valence-electron chi connectivity index (χ2n) is 6.69. The van der Waals surface area contributed by atoms with Crippen LogP contribution in [0.15, 0.2) is 24.3 Å². The number of para-hydroxylation sites is 1. The fraction of sp³-hybridized carbons (Fsp3) is 0.444. The second kappa shape index (κ2) is 6.90. The maximum absolute atomic E-state index is 13.4. The van der Waals surface area contributed by atoms with Crippen molar-refractivity contribution in [2.24, 2.45) is 5.92 Å². The predicted octanol–water partition coefficient (Wildman–Crippen LogP) is 4.91. The molecule has 0 bridgehead atoms. The van der Waals surface area contributed by atoms with Crippen LogP contribution in [0.4, 0.5) is 13.2 Å².